The first-order chi connectivity index (χ1) is 16.6. The average molecular weight is 461 g/mol. The average Bonchev–Trinajstić information content (AvgIpc) is 2.85. The molecule has 2 fully saturated rings. The van der Waals surface area contributed by atoms with E-state index in [2.05, 4.69) is 25.0 Å². The van der Waals surface area contributed by atoms with Crippen LogP contribution in [0.4, 0.5) is 8.78 Å². The van der Waals surface area contributed by atoms with Crippen LogP contribution in [0.25, 0.3) is 0 Å². The van der Waals surface area contributed by atoms with Gasteiger partial charge in [-0.25, -0.2) is 8.78 Å². The zero-order chi connectivity index (χ0) is 23.9. The molecule has 2 aromatic carbocycles. The van der Waals surface area contributed by atoms with Gasteiger partial charge in [-0.05, 0) is 105 Å². The van der Waals surface area contributed by atoms with Crippen molar-refractivity contribution in [1.29, 1.82) is 0 Å². The second-order valence-electron chi connectivity index (χ2n) is 9.81. The van der Waals surface area contributed by atoms with E-state index >= 15 is 4.39 Å². The summed E-state index contributed by atoms with van der Waals surface area (Å²) in [4.78, 5) is 0. The molecule has 0 radical (unpaired) electrons. The van der Waals surface area contributed by atoms with Crippen LogP contribution in [-0.2, 0) is 0 Å². The van der Waals surface area contributed by atoms with Gasteiger partial charge in [0.2, 0.25) is 0 Å². The van der Waals surface area contributed by atoms with Gasteiger partial charge in [0.05, 0.1) is 0 Å². The van der Waals surface area contributed by atoms with Crippen LogP contribution in [0, 0.1) is 41.2 Å². The fraction of sp³-hybridized carbons (Fsp3) is 0.419. The Balaban J connectivity index is 1.39. The maximum Gasteiger partial charge on any atom is 0.166 e. The highest BCUT2D eigenvalue weighted by Gasteiger charge is 2.36. The van der Waals surface area contributed by atoms with Gasteiger partial charge in [-0.15, -0.1) is 6.58 Å². The van der Waals surface area contributed by atoms with Crippen molar-refractivity contribution in [2.45, 2.75) is 57.3 Å². The largest absolute Gasteiger partial charge is 0.486 e. The van der Waals surface area contributed by atoms with Crippen LogP contribution < -0.4 is 4.74 Å². The standard InChI is InChI=1S/C31H34F2O/c1-3-5-6-22-9-12-26-21-27(14-13-25(26)18-22)28-15-10-23(19-29(28)32)7-8-24-11-16-31(30(33)20-24)34-17-4-2/h3-4,10-11,15-16,19-20,22,25-27H,1-2,5-6,9,12-14,17-18,21H2. The van der Waals surface area contributed by atoms with E-state index in [1.807, 2.05) is 18.2 Å². The summed E-state index contributed by atoms with van der Waals surface area (Å²) in [6.07, 6.45) is 13.3. The summed E-state index contributed by atoms with van der Waals surface area (Å²) in [6, 6.07) is 9.91. The molecule has 0 N–H and O–H groups in total. The highest BCUT2D eigenvalue weighted by Crippen LogP contribution is 2.48. The topological polar surface area (TPSA) is 9.23 Å². The molecule has 1 nitrogen and oxygen atoms in total. The Hall–Kier alpha value is -2.86. The van der Waals surface area contributed by atoms with Gasteiger partial charge in [-0.1, -0.05) is 43.1 Å². The molecule has 0 aromatic heterocycles. The molecule has 178 valence electrons. The van der Waals surface area contributed by atoms with Crippen LogP contribution >= 0.6 is 0 Å². The number of halogens is 2. The molecule has 0 spiro atoms. The van der Waals surface area contributed by atoms with Crippen molar-refractivity contribution < 1.29 is 13.5 Å². The Kier molecular flexibility index (Phi) is 8.22. The lowest BCUT2D eigenvalue weighted by Gasteiger charge is -2.42. The monoisotopic (exact) mass is 460 g/mol. The first-order valence-corrected chi connectivity index (χ1v) is 12.5. The van der Waals surface area contributed by atoms with E-state index in [0.29, 0.717) is 17.0 Å². The van der Waals surface area contributed by atoms with Crippen LogP contribution in [0.1, 0.15) is 74.0 Å². The molecular formula is C31H34F2O. The lowest BCUT2D eigenvalue weighted by Crippen LogP contribution is -2.30. The molecular weight excluding hydrogens is 426 g/mol. The van der Waals surface area contributed by atoms with Gasteiger partial charge >= 0.3 is 0 Å². The fourth-order valence-corrected chi connectivity index (χ4v) is 5.81. The lowest BCUT2D eigenvalue weighted by molar-refractivity contribution is 0.114. The van der Waals surface area contributed by atoms with E-state index in [1.54, 1.807) is 18.2 Å². The van der Waals surface area contributed by atoms with Gasteiger partial charge in [0.25, 0.3) is 0 Å². The molecule has 4 atom stereocenters. The van der Waals surface area contributed by atoms with Crippen molar-refractivity contribution in [2.75, 3.05) is 6.61 Å². The van der Waals surface area contributed by atoms with Gasteiger partial charge < -0.3 is 4.74 Å². The molecule has 4 rings (SSSR count). The van der Waals surface area contributed by atoms with Crippen molar-refractivity contribution in [1.82, 2.24) is 0 Å². The summed E-state index contributed by atoms with van der Waals surface area (Å²) < 4.78 is 34.4. The molecule has 0 aliphatic heterocycles. The second kappa shape index (κ2) is 11.5. The number of hydrogen-bond acceptors (Lipinski definition) is 1. The normalized spacial score (nSPS) is 23.8. The van der Waals surface area contributed by atoms with E-state index in [9.17, 15) is 4.39 Å². The first-order valence-electron chi connectivity index (χ1n) is 12.5. The summed E-state index contributed by atoms with van der Waals surface area (Å²) in [5.74, 6) is 8.09. The predicted octanol–water partition coefficient (Wildman–Crippen LogP) is 8.20. The van der Waals surface area contributed by atoms with Crippen LogP contribution in [0.2, 0.25) is 0 Å². The zero-order valence-electron chi connectivity index (χ0n) is 19.9. The van der Waals surface area contributed by atoms with E-state index in [4.69, 9.17) is 4.74 Å². The molecule has 4 unspecified atom stereocenters. The predicted molar refractivity (Wildman–Crippen MR) is 135 cm³/mol. The van der Waals surface area contributed by atoms with Crippen LogP contribution in [0.5, 0.6) is 5.75 Å². The SMILES string of the molecule is C=CCCC1CCC2CC(c3ccc(C#Cc4ccc(OCC=C)c(F)c4)cc3F)CCC2C1. The summed E-state index contributed by atoms with van der Waals surface area (Å²) in [6.45, 7) is 7.66. The number of benzene rings is 2. The van der Waals surface area contributed by atoms with Crippen molar-refractivity contribution in [2.24, 2.45) is 17.8 Å². The van der Waals surface area contributed by atoms with E-state index in [0.717, 1.165) is 42.6 Å². The minimum Gasteiger partial charge on any atom is -0.486 e. The second-order valence-corrected chi connectivity index (χ2v) is 9.81. The lowest BCUT2D eigenvalue weighted by atomic mass is 9.63. The Morgan fingerprint density at radius 3 is 2.26 bits per heavy atom. The van der Waals surface area contributed by atoms with Gasteiger partial charge in [0, 0.05) is 11.1 Å². The summed E-state index contributed by atoms with van der Waals surface area (Å²) in [5.41, 5.74) is 1.95. The molecule has 2 aromatic rings. The Morgan fingerprint density at radius 1 is 0.853 bits per heavy atom. The van der Waals surface area contributed by atoms with Gasteiger partial charge in [0.1, 0.15) is 12.4 Å². The zero-order valence-corrected chi connectivity index (χ0v) is 19.9. The smallest absolute Gasteiger partial charge is 0.166 e. The number of fused-ring (bicyclic) bond motifs is 1. The number of ether oxygens (including phenoxy) is 1. The van der Waals surface area contributed by atoms with Crippen molar-refractivity contribution in [3.8, 4) is 17.6 Å². The highest BCUT2D eigenvalue weighted by molar-refractivity contribution is 5.46. The van der Waals surface area contributed by atoms with Gasteiger partial charge in [-0.3, -0.25) is 0 Å². The number of rotatable bonds is 7. The Bertz CT molecular complexity index is 1080. The number of hydrogen-bond donors (Lipinski definition) is 0. The molecule has 3 heteroatoms. The van der Waals surface area contributed by atoms with Crippen molar-refractivity contribution in [3.63, 3.8) is 0 Å². The molecule has 2 aliphatic carbocycles. The number of allylic oxidation sites excluding steroid dienone is 1. The summed E-state index contributed by atoms with van der Waals surface area (Å²) in [7, 11) is 0. The van der Waals surface area contributed by atoms with Gasteiger partial charge in [0.15, 0.2) is 11.6 Å². The van der Waals surface area contributed by atoms with E-state index < -0.39 is 5.82 Å². The fourth-order valence-electron chi connectivity index (χ4n) is 5.81. The quantitative estimate of drug-likeness (QED) is 0.299. The minimum absolute atomic E-state index is 0.167. The van der Waals surface area contributed by atoms with Crippen molar-refractivity contribution in [3.05, 3.63) is 90.0 Å². The maximum absolute atomic E-state index is 15.1. The van der Waals surface area contributed by atoms with Gasteiger partial charge in [-0.2, -0.15) is 0 Å². The molecule has 34 heavy (non-hydrogen) atoms. The first kappa shape index (κ1) is 24.3. The molecule has 0 bridgehead atoms. The molecule has 0 amide bonds. The molecule has 0 heterocycles. The third-order valence-electron chi connectivity index (χ3n) is 7.58. The third-order valence-corrected chi connectivity index (χ3v) is 7.58. The Labute approximate surface area is 202 Å². The van der Waals surface area contributed by atoms with E-state index in [1.165, 1.54) is 44.2 Å². The van der Waals surface area contributed by atoms with E-state index in [-0.39, 0.29) is 18.2 Å². The van der Waals surface area contributed by atoms with Crippen LogP contribution in [0.3, 0.4) is 0 Å². The van der Waals surface area contributed by atoms with Crippen LogP contribution in [-0.4, -0.2) is 6.61 Å². The van der Waals surface area contributed by atoms with Crippen LogP contribution in [0.15, 0.2) is 61.7 Å². The third kappa shape index (κ3) is 5.98. The Morgan fingerprint density at radius 2 is 1.56 bits per heavy atom. The minimum atomic E-state index is -0.472. The molecule has 2 saturated carbocycles. The molecule has 0 saturated heterocycles. The summed E-state index contributed by atoms with van der Waals surface area (Å²) in [5, 5.41) is 0. The maximum atomic E-state index is 15.1. The van der Waals surface area contributed by atoms with Crippen molar-refractivity contribution >= 4 is 0 Å². The highest BCUT2D eigenvalue weighted by atomic mass is 19.1. The summed E-state index contributed by atoms with van der Waals surface area (Å²) >= 11 is 0. The molecule has 2 aliphatic rings.